The number of aromatic amines is 2. The van der Waals surface area contributed by atoms with Crippen molar-refractivity contribution in [1.82, 2.24) is 9.97 Å². The third kappa shape index (κ3) is 1.90. The largest absolute Gasteiger partial charge is 0.422 e. The fourth-order valence-corrected chi connectivity index (χ4v) is 5.13. The third-order valence-electron chi connectivity index (χ3n) is 6.31. The van der Waals surface area contributed by atoms with Crippen LogP contribution in [0.1, 0.15) is 50.1 Å². The molecule has 5 rings (SSSR count). The van der Waals surface area contributed by atoms with E-state index in [1.807, 2.05) is 33.8 Å². The number of nitriles is 1. The highest BCUT2D eigenvalue weighted by atomic mass is 16.5. The number of hydrogen-bond donors (Lipinski definition) is 3. The molecule has 0 saturated heterocycles. The zero-order valence-electron chi connectivity index (χ0n) is 17.1. The van der Waals surface area contributed by atoms with Gasteiger partial charge in [-0.1, -0.05) is 19.1 Å². The number of aromatic nitrogens is 2. The SMILES string of the molecule is CCc1cc2c3c(c1)[C@@]1(C(=O)N3C(C)(C)C=C2C)C(C#N)=C(N)Oc2[nH]c(=O)[nH]c21. The minimum Gasteiger partial charge on any atom is -0.422 e. The van der Waals surface area contributed by atoms with Crippen LogP contribution in [0.15, 0.2) is 34.5 Å². The van der Waals surface area contributed by atoms with Gasteiger partial charge in [-0.05, 0) is 44.4 Å². The number of nitrogens with two attached hydrogens (primary N) is 1. The summed E-state index contributed by atoms with van der Waals surface area (Å²) in [5.74, 6) is -0.463. The summed E-state index contributed by atoms with van der Waals surface area (Å²) >= 11 is 0. The van der Waals surface area contributed by atoms with Crippen molar-refractivity contribution in [1.29, 1.82) is 5.26 Å². The van der Waals surface area contributed by atoms with Crippen LogP contribution < -0.4 is 21.1 Å². The van der Waals surface area contributed by atoms with Gasteiger partial charge in [-0.3, -0.25) is 9.78 Å². The number of fused-ring (bicyclic) bond motifs is 3. The van der Waals surface area contributed by atoms with Crippen molar-refractivity contribution < 1.29 is 9.53 Å². The predicted octanol–water partition coefficient (Wildman–Crippen LogP) is 2.18. The fourth-order valence-electron chi connectivity index (χ4n) is 5.13. The van der Waals surface area contributed by atoms with Crippen LogP contribution in [-0.2, 0) is 16.6 Å². The molecule has 0 saturated carbocycles. The smallest absolute Gasteiger partial charge is 0.326 e. The summed E-state index contributed by atoms with van der Waals surface area (Å²) in [7, 11) is 0. The average molecular weight is 403 g/mol. The maximum absolute atomic E-state index is 14.2. The zero-order valence-corrected chi connectivity index (χ0v) is 17.1. The van der Waals surface area contributed by atoms with Crippen LogP contribution in [0, 0.1) is 11.3 Å². The molecule has 4 heterocycles. The molecule has 3 aliphatic rings. The predicted molar refractivity (Wildman–Crippen MR) is 111 cm³/mol. The van der Waals surface area contributed by atoms with Crippen molar-refractivity contribution in [2.45, 2.75) is 45.1 Å². The second-order valence-corrected chi connectivity index (χ2v) is 8.50. The Labute approximate surface area is 172 Å². The summed E-state index contributed by atoms with van der Waals surface area (Å²) < 4.78 is 5.51. The summed E-state index contributed by atoms with van der Waals surface area (Å²) in [5.41, 5.74) is 7.96. The molecule has 4 N–H and O–H groups in total. The van der Waals surface area contributed by atoms with Crippen LogP contribution in [-0.4, -0.2) is 21.4 Å². The number of nitrogens with one attached hydrogen (secondary N) is 2. The van der Waals surface area contributed by atoms with E-state index < -0.39 is 16.6 Å². The van der Waals surface area contributed by atoms with Crippen molar-refractivity contribution >= 4 is 17.2 Å². The number of carbonyl (C=O) groups is 1. The van der Waals surface area contributed by atoms with Gasteiger partial charge in [-0.25, -0.2) is 4.79 Å². The standard InChI is InChI=1S/C22H21N5O3/c1-5-11-6-12-10(2)8-21(3,4)27-15(12)13(7-11)22(19(27)28)14(9-23)17(24)30-18-16(22)25-20(29)26-18/h6-8H,5,24H2,1-4H3,(H2,25,26,29)/t22-/m1/s1. The Hall–Kier alpha value is -3.73. The van der Waals surface area contributed by atoms with Gasteiger partial charge >= 0.3 is 5.69 Å². The van der Waals surface area contributed by atoms with Crippen molar-refractivity contribution in [3.8, 4) is 11.9 Å². The Balaban J connectivity index is 2.01. The molecule has 0 radical (unpaired) electrons. The minimum atomic E-state index is -1.57. The molecule has 1 aromatic carbocycles. The van der Waals surface area contributed by atoms with E-state index in [1.54, 1.807) is 4.90 Å². The second kappa shape index (κ2) is 5.45. The van der Waals surface area contributed by atoms with Crippen LogP contribution in [0.4, 0.5) is 5.69 Å². The number of aryl methyl sites for hydroxylation is 1. The van der Waals surface area contributed by atoms with E-state index in [0.29, 0.717) is 5.56 Å². The Morgan fingerprint density at radius 1 is 1.27 bits per heavy atom. The van der Waals surface area contributed by atoms with Gasteiger partial charge in [0.1, 0.15) is 17.3 Å². The van der Waals surface area contributed by atoms with E-state index >= 15 is 0 Å². The molecule has 1 spiro atoms. The molecule has 1 amide bonds. The van der Waals surface area contributed by atoms with Gasteiger partial charge in [-0.15, -0.1) is 0 Å². The molecule has 8 nitrogen and oxygen atoms in total. The zero-order chi connectivity index (χ0) is 21.6. The van der Waals surface area contributed by atoms with Crippen LogP contribution >= 0.6 is 0 Å². The molecular weight excluding hydrogens is 382 g/mol. The molecule has 30 heavy (non-hydrogen) atoms. The highest BCUT2D eigenvalue weighted by Crippen LogP contribution is 2.58. The van der Waals surface area contributed by atoms with Crippen LogP contribution in [0.3, 0.4) is 0 Å². The Bertz CT molecular complexity index is 1320. The molecule has 2 aromatic rings. The van der Waals surface area contributed by atoms with Gasteiger partial charge in [0.05, 0.1) is 11.2 Å². The number of H-pyrrole nitrogens is 2. The van der Waals surface area contributed by atoms with E-state index in [9.17, 15) is 14.9 Å². The van der Waals surface area contributed by atoms with Crippen LogP contribution in [0.2, 0.25) is 0 Å². The number of hydrogen-bond acceptors (Lipinski definition) is 5. The first kappa shape index (κ1) is 18.3. The topological polar surface area (TPSA) is 128 Å². The van der Waals surface area contributed by atoms with Gasteiger partial charge in [0.15, 0.2) is 5.41 Å². The normalized spacial score (nSPS) is 23.1. The van der Waals surface area contributed by atoms with E-state index in [4.69, 9.17) is 10.5 Å². The molecule has 0 aliphatic carbocycles. The lowest BCUT2D eigenvalue weighted by atomic mass is 9.71. The number of anilines is 1. The first-order valence-corrected chi connectivity index (χ1v) is 9.79. The maximum atomic E-state index is 14.2. The summed E-state index contributed by atoms with van der Waals surface area (Å²) in [4.78, 5) is 33.4. The second-order valence-electron chi connectivity index (χ2n) is 8.50. The Morgan fingerprint density at radius 2 is 2.00 bits per heavy atom. The van der Waals surface area contributed by atoms with E-state index in [-0.39, 0.29) is 28.9 Å². The summed E-state index contributed by atoms with van der Waals surface area (Å²) in [6.07, 6.45) is 2.80. The average Bonchev–Trinajstić information content (AvgIpc) is 3.16. The summed E-state index contributed by atoms with van der Waals surface area (Å²) in [6, 6.07) is 6.12. The number of rotatable bonds is 1. The molecular formula is C22H21N5O3. The van der Waals surface area contributed by atoms with Crippen LogP contribution in [0.5, 0.6) is 5.88 Å². The van der Waals surface area contributed by atoms with Crippen molar-refractivity contribution in [3.63, 3.8) is 0 Å². The number of imidazole rings is 1. The van der Waals surface area contributed by atoms with Gasteiger partial charge in [0.25, 0.3) is 0 Å². The number of allylic oxidation sites excluding steroid dienone is 1. The third-order valence-corrected chi connectivity index (χ3v) is 6.31. The van der Waals surface area contributed by atoms with Crippen molar-refractivity contribution in [2.24, 2.45) is 5.73 Å². The molecule has 1 aromatic heterocycles. The van der Waals surface area contributed by atoms with Gasteiger partial charge < -0.3 is 20.4 Å². The van der Waals surface area contributed by atoms with Gasteiger partial charge in [0.2, 0.25) is 17.7 Å². The molecule has 0 fully saturated rings. The summed E-state index contributed by atoms with van der Waals surface area (Å²) in [6.45, 7) is 7.96. The first-order chi connectivity index (χ1) is 14.2. The lowest BCUT2D eigenvalue weighted by molar-refractivity contribution is -0.121. The van der Waals surface area contributed by atoms with E-state index in [2.05, 4.69) is 28.2 Å². The number of benzene rings is 1. The highest BCUT2D eigenvalue weighted by molar-refractivity contribution is 6.17. The highest BCUT2D eigenvalue weighted by Gasteiger charge is 2.63. The lowest BCUT2D eigenvalue weighted by Gasteiger charge is -2.40. The molecule has 1 atom stereocenters. The fraction of sp³-hybridized carbons (Fsp3) is 0.318. The van der Waals surface area contributed by atoms with Gasteiger partial charge in [0, 0.05) is 11.1 Å². The molecule has 152 valence electrons. The first-order valence-electron chi connectivity index (χ1n) is 9.79. The lowest BCUT2D eigenvalue weighted by Crippen LogP contribution is -2.53. The molecule has 0 unspecified atom stereocenters. The van der Waals surface area contributed by atoms with Crippen molar-refractivity contribution in [2.75, 3.05) is 4.90 Å². The maximum Gasteiger partial charge on any atom is 0.326 e. The van der Waals surface area contributed by atoms with Crippen molar-refractivity contribution in [3.05, 3.63) is 62.5 Å². The summed E-state index contributed by atoms with van der Waals surface area (Å²) in [5, 5.41) is 10.1. The van der Waals surface area contributed by atoms with E-state index in [1.165, 1.54) is 0 Å². The Morgan fingerprint density at radius 3 is 2.67 bits per heavy atom. The van der Waals surface area contributed by atoms with Gasteiger partial charge in [-0.2, -0.15) is 5.26 Å². The number of carbonyl (C=O) groups excluding carboxylic acids is 1. The quantitative estimate of drug-likeness (QED) is 0.672. The number of ether oxygens (including phenoxy) is 1. The van der Waals surface area contributed by atoms with Crippen LogP contribution in [0.25, 0.3) is 5.57 Å². The molecule has 3 aliphatic heterocycles. The molecule has 8 heteroatoms. The number of nitrogens with zero attached hydrogens (tertiary/aromatic N) is 2. The minimum absolute atomic E-state index is 0.0199. The molecule has 0 bridgehead atoms. The Kier molecular flexibility index (Phi) is 3.32. The van der Waals surface area contributed by atoms with E-state index in [0.717, 1.165) is 28.8 Å². The monoisotopic (exact) mass is 403 g/mol. The number of amides is 1.